The number of amides is 2. The quantitative estimate of drug-likeness (QED) is 0.889. The molecule has 1 fully saturated rings. The number of hydrogen-bond donors (Lipinski definition) is 2. The van der Waals surface area contributed by atoms with Crippen LogP contribution in [0, 0.1) is 11.2 Å². The predicted octanol–water partition coefficient (Wildman–Crippen LogP) is 1.84. The van der Waals surface area contributed by atoms with Crippen molar-refractivity contribution in [2.75, 3.05) is 20.2 Å². The summed E-state index contributed by atoms with van der Waals surface area (Å²) in [5.41, 5.74) is -0.296. The van der Waals surface area contributed by atoms with Crippen LogP contribution in [0.3, 0.4) is 0 Å². The normalized spacial score (nSPS) is 20.8. The Labute approximate surface area is 127 Å². The maximum atomic E-state index is 13.6. The molecule has 1 unspecified atom stereocenters. The van der Waals surface area contributed by atoms with Gasteiger partial charge in [0.25, 0.3) is 0 Å². The summed E-state index contributed by atoms with van der Waals surface area (Å²) in [5.74, 6) is -1.25. The standard InChI is InChI=1S/C15H19FN2O4/c1-15(13(19)20)5-6-18(9-15)14(21)17-8-10-3-4-12(22-2)11(16)7-10/h3-4,7H,5-6,8-9H2,1-2H3,(H,17,21)(H,19,20). The minimum Gasteiger partial charge on any atom is -0.494 e. The SMILES string of the molecule is COc1ccc(CNC(=O)N2CCC(C)(C(=O)O)C2)cc1F. The third kappa shape index (κ3) is 3.29. The molecule has 6 nitrogen and oxygen atoms in total. The Morgan fingerprint density at radius 2 is 2.23 bits per heavy atom. The summed E-state index contributed by atoms with van der Waals surface area (Å²) in [7, 11) is 1.38. The van der Waals surface area contributed by atoms with Gasteiger partial charge in [0, 0.05) is 19.6 Å². The summed E-state index contributed by atoms with van der Waals surface area (Å²) in [6.07, 6.45) is 0.424. The van der Waals surface area contributed by atoms with Crippen molar-refractivity contribution < 1.29 is 23.8 Å². The van der Waals surface area contributed by atoms with Crippen LogP contribution in [-0.4, -0.2) is 42.2 Å². The number of nitrogens with one attached hydrogen (secondary N) is 1. The molecule has 7 heteroatoms. The molecule has 1 aromatic carbocycles. The molecule has 0 bridgehead atoms. The number of rotatable bonds is 4. The summed E-state index contributed by atoms with van der Waals surface area (Å²) in [4.78, 5) is 24.7. The maximum absolute atomic E-state index is 13.6. The van der Waals surface area contributed by atoms with Gasteiger partial charge in [-0.25, -0.2) is 9.18 Å². The molecule has 0 saturated carbocycles. The minimum atomic E-state index is -0.903. The van der Waals surface area contributed by atoms with Gasteiger partial charge in [-0.2, -0.15) is 0 Å². The number of nitrogens with zero attached hydrogens (tertiary/aromatic N) is 1. The fourth-order valence-electron chi connectivity index (χ4n) is 2.42. The number of aliphatic carboxylic acids is 1. The first-order chi connectivity index (χ1) is 10.4. The van der Waals surface area contributed by atoms with Crippen LogP contribution < -0.4 is 10.1 Å². The molecule has 0 aromatic heterocycles. The van der Waals surface area contributed by atoms with Gasteiger partial charge < -0.3 is 20.1 Å². The molecule has 2 N–H and O–H groups in total. The second kappa shape index (κ2) is 6.21. The van der Waals surface area contributed by atoms with Gasteiger partial charge in [-0.05, 0) is 31.0 Å². The van der Waals surface area contributed by atoms with E-state index in [1.807, 2.05) is 0 Å². The molecular weight excluding hydrogens is 291 g/mol. The van der Waals surface area contributed by atoms with Crippen LogP contribution in [0.2, 0.25) is 0 Å². The largest absolute Gasteiger partial charge is 0.494 e. The van der Waals surface area contributed by atoms with Crippen LogP contribution in [0.25, 0.3) is 0 Å². The van der Waals surface area contributed by atoms with Gasteiger partial charge >= 0.3 is 12.0 Å². The van der Waals surface area contributed by atoms with Gasteiger partial charge in [0.15, 0.2) is 11.6 Å². The molecule has 2 amide bonds. The summed E-state index contributed by atoms with van der Waals surface area (Å²) >= 11 is 0. The Hall–Kier alpha value is -2.31. The van der Waals surface area contributed by atoms with Gasteiger partial charge in [-0.3, -0.25) is 4.79 Å². The molecular formula is C15H19FN2O4. The molecule has 1 saturated heterocycles. The zero-order valence-corrected chi connectivity index (χ0v) is 12.6. The molecule has 2 rings (SSSR count). The van der Waals surface area contributed by atoms with Crippen molar-refractivity contribution in [3.8, 4) is 5.75 Å². The van der Waals surface area contributed by atoms with Gasteiger partial charge in [0.1, 0.15) is 0 Å². The molecule has 1 heterocycles. The van der Waals surface area contributed by atoms with E-state index in [1.54, 1.807) is 13.0 Å². The van der Waals surface area contributed by atoms with Gasteiger partial charge in [0.05, 0.1) is 12.5 Å². The lowest BCUT2D eigenvalue weighted by Gasteiger charge is -2.20. The molecule has 1 aliphatic rings. The van der Waals surface area contributed by atoms with E-state index in [1.165, 1.54) is 24.1 Å². The monoisotopic (exact) mass is 310 g/mol. The van der Waals surface area contributed by atoms with E-state index in [2.05, 4.69) is 5.32 Å². The van der Waals surface area contributed by atoms with E-state index in [4.69, 9.17) is 9.84 Å². The Morgan fingerprint density at radius 3 is 2.77 bits per heavy atom. The number of likely N-dealkylation sites (tertiary alicyclic amines) is 1. The predicted molar refractivity (Wildman–Crippen MR) is 77.1 cm³/mol. The highest BCUT2D eigenvalue weighted by Gasteiger charge is 2.42. The zero-order valence-electron chi connectivity index (χ0n) is 12.6. The zero-order chi connectivity index (χ0) is 16.3. The average Bonchev–Trinajstić information content (AvgIpc) is 2.89. The van der Waals surface area contributed by atoms with E-state index in [0.717, 1.165) is 0 Å². The van der Waals surface area contributed by atoms with Crippen LogP contribution in [0.1, 0.15) is 18.9 Å². The highest BCUT2D eigenvalue weighted by molar-refractivity contribution is 5.79. The van der Waals surface area contributed by atoms with Gasteiger partial charge in [-0.15, -0.1) is 0 Å². The van der Waals surface area contributed by atoms with Crippen molar-refractivity contribution in [1.29, 1.82) is 0 Å². The Morgan fingerprint density at radius 1 is 1.50 bits per heavy atom. The van der Waals surface area contributed by atoms with E-state index >= 15 is 0 Å². The fraction of sp³-hybridized carbons (Fsp3) is 0.467. The molecule has 1 aliphatic heterocycles. The first-order valence-corrected chi connectivity index (χ1v) is 6.94. The van der Waals surface area contributed by atoms with Crippen molar-refractivity contribution in [2.24, 2.45) is 5.41 Å². The summed E-state index contributed by atoms with van der Waals surface area (Å²) < 4.78 is 18.4. The van der Waals surface area contributed by atoms with Crippen molar-refractivity contribution in [2.45, 2.75) is 19.9 Å². The van der Waals surface area contributed by atoms with Crippen molar-refractivity contribution >= 4 is 12.0 Å². The summed E-state index contributed by atoms with van der Waals surface area (Å²) in [5, 5.41) is 11.8. The number of carboxylic acid groups (broad SMARTS) is 1. The van der Waals surface area contributed by atoms with Crippen LogP contribution in [-0.2, 0) is 11.3 Å². The molecule has 0 radical (unpaired) electrons. The Bertz CT molecular complexity index is 593. The van der Waals surface area contributed by atoms with Gasteiger partial charge in [-0.1, -0.05) is 6.07 Å². The van der Waals surface area contributed by atoms with Crippen molar-refractivity contribution in [3.05, 3.63) is 29.6 Å². The number of carboxylic acids is 1. The topological polar surface area (TPSA) is 78.9 Å². The first kappa shape index (κ1) is 16.1. The maximum Gasteiger partial charge on any atom is 0.317 e. The van der Waals surface area contributed by atoms with E-state index in [0.29, 0.717) is 18.5 Å². The van der Waals surface area contributed by atoms with E-state index in [-0.39, 0.29) is 24.9 Å². The fourth-order valence-corrected chi connectivity index (χ4v) is 2.42. The number of ether oxygens (including phenoxy) is 1. The number of urea groups is 1. The van der Waals surface area contributed by atoms with Crippen LogP contribution >= 0.6 is 0 Å². The molecule has 120 valence electrons. The lowest BCUT2D eigenvalue weighted by molar-refractivity contribution is -0.147. The lowest BCUT2D eigenvalue weighted by Crippen LogP contribution is -2.40. The molecule has 0 aliphatic carbocycles. The number of carbonyl (C=O) groups excluding carboxylic acids is 1. The number of hydrogen-bond acceptors (Lipinski definition) is 3. The highest BCUT2D eigenvalue weighted by atomic mass is 19.1. The van der Waals surface area contributed by atoms with Crippen LogP contribution in [0.5, 0.6) is 5.75 Å². The van der Waals surface area contributed by atoms with Crippen LogP contribution in [0.4, 0.5) is 9.18 Å². The van der Waals surface area contributed by atoms with E-state index in [9.17, 15) is 14.0 Å². The van der Waals surface area contributed by atoms with Gasteiger partial charge in [0.2, 0.25) is 0 Å². The number of halogens is 1. The average molecular weight is 310 g/mol. The second-order valence-corrected chi connectivity index (χ2v) is 5.66. The third-order valence-electron chi connectivity index (χ3n) is 3.94. The number of methoxy groups -OCH3 is 1. The second-order valence-electron chi connectivity index (χ2n) is 5.66. The number of carbonyl (C=O) groups is 2. The third-order valence-corrected chi connectivity index (χ3v) is 3.94. The van der Waals surface area contributed by atoms with Crippen LogP contribution in [0.15, 0.2) is 18.2 Å². The minimum absolute atomic E-state index is 0.145. The van der Waals surface area contributed by atoms with Crippen molar-refractivity contribution in [1.82, 2.24) is 10.2 Å². The number of benzene rings is 1. The van der Waals surface area contributed by atoms with Crippen molar-refractivity contribution in [3.63, 3.8) is 0 Å². The highest BCUT2D eigenvalue weighted by Crippen LogP contribution is 2.30. The van der Waals surface area contributed by atoms with E-state index < -0.39 is 17.2 Å². The Kier molecular flexibility index (Phi) is 4.54. The molecule has 0 spiro atoms. The molecule has 1 atom stereocenters. The smallest absolute Gasteiger partial charge is 0.317 e. The Balaban J connectivity index is 1.91. The summed E-state index contributed by atoms with van der Waals surface area (Å²) in [6.45, 7) is 2.36. The molecule has 1 aromatic rings. The first-order valence-electron chi connectivity index (χ1n) is 6.94. The molecule has 22 heavy (non-hydrogen) atoms. The lowest BCUT2D eigenvalue weighted by atomic mass is 9.90. The summed E-state index contributed by atoms with van der Waals surface area (Å²) in [6, 6.07) is 4.10.